The molecule has 2 aromatic heterocycles. The van der Waals surface area contributed by atoms with Crippen molar-refractivity contribution in [2.75, 3.05) is 26.2 Å². The fraction of sp³-hybridized carbons (Fsp3) is 0.542. The number of piperidine rings is 1. The van der Waals surface area contributed by atoms with Crippen LogP contribution in [0.1, 0.15) is 38.1 Å². The molecule has 0 saturated carbocycles. The third kappa shape index (κ3) is 4.66. The molecule has 1 amide bonds. The Hall–Kier alpha value is -2.67. The first kappa shape index (κ1) is 21.6. The Morgan fingerprint density at radius 1 is 1.13 bits per heavy atom. The van der Waals surface area contributed by atoms with Gasteiger partial charge in [-0.15, -0.1) is 0 Å². The average Bonchev–Trinajstić information content (AvgIpc) is 3.08. The number of nitrogens with one attached hydrogen (secondary N) is 1. The highest BCUT2D eigenvalue weighted by molar-refractivity contribution is 5.87. The molecule has 7 nitrogen and oxygen atoms in total. The van der Waals surface area contributed by atoms with Gasteiger partial charge < -0.3 is 10.2 Å². The smallest absolute Gasteiger partial charge is 0.291 e. The van der Waals surface area contributed by atoms with Crippen molar-refractivity contribution in [3.8, 4) is 0 Å². The number of aromatic nitrogens is 3. The topological polar surface area (TPSA) is 71.6 Å². The lowest BCUT2D eigenvalue weighted by atomic mass is 9.92. The van der Waals surface area contributed by atoms with Crippen molar-refractivity contribution >= 4 is 22.3 Å². The summed E-state index contributed by atoms with van der Waals surface area (Å²) in [6.45, 7) is 12.3. The minimum absolute atomic E-state index is 0.0610. The molecule has 2 atom stereocenters. The number of hydrogen-bond donors (Lipinski definition) is 1. The zero-order chi connectivity index (χ0) is 22.1. The van der Waals surface area contributed by atoms with Crippen LogP contribution in [0.3, 0.4) is 0 Å². The molecular formula is C24H33N5O2. The van der Waals surface area contributed by atoms with E-state index in [0.29, 0.717) is 17.9 Å². The van der Waals surface area contributed by atoms with Crippen molar-refractivity contribution in [2.24, 2.45) is 11.8 Å². The molecule has 31 heavy (non-hydrogen) atoms. The fourth-order valence-electron chi connectivity index (χ4n) is 5.04. The number of amides is 1. The summed E-state index contributed by atoms with van der Waals surface area (Å²) in [6.07, 6.45) is 2.21. The quantitative estimate of drug-likeness (QED) is 0.619. The number of carbonyl (C=O) groups excluding carboxylic acids is 1. The van der Waals surface area contributed by atoms with Gasteiger partial charge in [0, 0.05) is 25.0 Å². The first-order valence-electron chi connectivity index (χ1n) is 11.3. The van der Waals surface area contributed by atoms with Gasteiger partial charge >= 0.3 is 0 Å². The van der Waals surface area contributed by atoms with Gasteiger partial charge in [-0.25, -0.2) is 4.68 Å². The number of carbonyl (C=O) groups is 1. The summed E-state index contributed by atoms with van der Waals surface area (Å²) in [4.78, 5) is 27.9. The Kier molecular flexibility index (Phi) is 6.14. The third-order valence-electron chi connectivity index (χ3n) is 6.21. The maximum Gasteiger partial charge on any atom is 0.291 e. The minimum atomic E-state index is -0.245. The molecule has 0 radical (unpaired) electrons. The lowest BCUT2D eigenvalue weighted by molar-refractivity contribution is -0.121. The first-order valence-corrected chi connectivity index (χ1v) is 11.3. The van der Waals surface area contributed by atoms with Gasteiger partial charge in [0.05, 0.1) is 5.52 Å². The molecular weight excluding hydrogens is 390 g/mol. The van der Waals surface area contributed by atoms with Crippen molar-refractivity contribution in [3.05, 3.63) is 46.0 Å². The molecule has 3 aromatic rings. The zero-order valence-electron chi connectivity index (χ0n) is 19.0. The van der Waals surface area contributed by atoms with E-state index >= 15 is 0 Å². The minimum Gasteiger partial charge on any atom is -0.354 e. The van der Waals surface area contributed by atoms with E-state index in [1.165, 1.54) is 11.1 Å². The largest absolute Gasteiger partial charge is 0.354 e. The molecule has 0 aliphatic carbocycles. The van der Waals surface area contributed by atoms with Gasteiger partial charge in [0.1, 0.15) is 17.9 Å². The number of nitrogens with zero attached hydrogens (tertiary/aromatic N) is 4. The third-order valence-corrected chi connectivity index (χ3v) is 6.21. The van der Waals surface area contributed by atoms with Crippen LogP contribution in [0.2, 0.25) is 0 Å². The van der Waals surface area contributed by atoms with Crippen molar-refractivity contribution in [3.63, 3.8) is 0 Å². The average molecular weight is 424 g/mol. The van der Waals surface area contributed by atoms with Crippen LogP contribution in [-0.4, -0.2) is 51.2 Å². The van der Waals surface area contributed by atoms with Crippen molar-refractivity contribution in [1.29, 1.82) is 0 Å². The summed E-state index contributed by atoms with van der Waals surface area (Å²) >= 11 is 0. The molecule has 1 N–H and O–H groups in total. The summed E-state index contributed by atoms with van der Waals surface area (Å²) < 4.78 is 3.14. The molecule has 1 aromatic carbocycles. The molecule has 4 rings (SSSR count). The lowest BCUT2D eigenvalue weighted by Gasteiger charge is -2.34. The van der Waals surface area contributed by atoms with Gasteiger partial charge in [-0.3, -0.25) is 14.0 Å². The molecule has 0 bridgehead atoms. The van der Waals surface area contributed by atoms with Crippen molar-refractivity contribution < 1.29 is 4.79 Å². The van der Waals surface area contributed by atoms with Crippen LogP contribution in [0.4, 0.5) is 0 Å². The molecule has 3 heterocycles. The van der Waals surface area contributed by atoms with Crippen LogP contribution in [0.5, 0.6) is 0 Å². The van der Waals surface area contributed by atoms with Gasteiger partial charge in [0.15, 0.2) is 0 Å². The van der Waals surface area contributed by atoms with Crippen LogP contribution < -0.4 is 10.9 Å². The Morgan fingerprint density at radius 3 is 2.61 bits per heavy atom. The predicted molar refractivity (Wildman–Crippen MR) is 123 cm³/mol. The summed E-state index contributed by atoms with van der Waals surface area (Å²) in [5, 5.41) is 8.36. The molecule has 1 aliphatic rings. The van der Waals surface area contributed by atoms with E-state index in [1.807, 2.05) is 36.4 Å². The van der Waals surface area contributed by atoms with E-state index in [9.17, 15) is 9.59 Å². The Bertz CT molecular complexity index is 1150. The monoisotopic (exact) mass is 423 g/mol. The second-order valence-corrected chi connectivity index (χ2v) is 9.35. The fourth-order valence-corrected chi connectivity index (χ4v) is 5.04. The van der Waals surface area contributed by atoms with Crippen LogP contribution in [0.15, 0.2) is 29.1 Å². The van der Waals surface area contributed by atoms with Gasteiger partial charge in [-0.05, 0) is 63.3 Å². The molecule has 0 spiro atoms. The zero-order valence-corrected chi connectivity index (χ0v) is 19.0. The number of rotatable bonds is 6. The molecule has 166 valence electrons. The lowest BCUT2D eigenvalue weighted by Crippen LogP contribution is -2.40. The normalized spacial score (nSPS) is 19.9. The second kappa shape index (κ2) is 8.83. The highest BCUT2D eigenvalue weighted by atomic mass is 16.2. The number of fused-ring (bicyclic) bond motifs is 3. The number of benzene rings is 1. The predicted octanol–water partition coefficient (Wildman–Crippen LogP) is 2.75. The van der Waals surface area contributed by atoms with Crippen molar-refractivity contribution in [1.82, 2.24) is 24.4 Å². The second-order valence-electron chi connectivity index (χ2n) is 9.35. The number of likely N-dealkylation sites (tertiary alicyclic amines) is 1. The highest BCUT2D eigenvalue weighted by Gasteiger charge is 2.21. The Labute approximate surface area is 183 Å². The van der Waals surface area contributed by atoms with Crippen LogP contribution in [0.25, 0.3) is 16.4 Å². The summed E-state index contributed by atoms with van der Waals surface area (Å²) in [5.41, 5.74) is 2.41. The maximum atomic E-state index is 13.0. The Balaban J connectivity index is 1.39. The number of hydrogen-bond acceptors (Lipinski definition) is 4. The van der Waals surface area contributed by atoms with E-state index < -0.39 is 0 Å². The molecule has 1 fully saturated rings. The first-order chi connectivity index (χ1) is 14.8. The van der Waals surface area contributed by atoms with Crippen LogP contribution in [-0.2, 0) is 11.3 Å². The van der Waals surface area contributed by atoms with E-state index in [1.54, 1.807) is 0 Å². The molecule has 2 unspecified atom stereocenters. The molecule has 1 saturated heterocycles. The maximum absolute atomic E-state index is 13.0. The highest BCUT2D eigenvalue weighted by Crippen LogP contribution is 2.21. The number of aryl methyl sites for hydroxylation is 2. The summed E-state index contributed by atoms with van der Waals surface area (Å²) in [7, 11) is 0. The van der Waals surface area contributed by atoms with Gasteiger partial charge in [0.2, 0.25) is 5.91 Å². The molecule has 1 aliphatic heterocycles. The van der Waals surface area contributed by atoms with Crippen LogP contribution in [0, 0.1) is 25.7 Å². The van der Waals surface area contributed by atoms with E-state index in [4.69, 9.17) is 0 Å². The summed E-state index contributed by atoms with van der Waals surface area (Å²) in [5.74, 6) is 1.99. The SMILES string of the molecule is Cc1ccc2c(c1)cc1c(=O)n(CC(=O)NCCCN3CC(C)CC(C)C3)nc(C)n12. The van der Waals surface area contributed by atoms with Crippen LogP contribution >= 0.6 is 0 Å². The van der Waals surface area contributed by atoms with Crippen molar-refractivity contribution in [2.45, 2.75) is 47.1 Å². The van der Waals surface area contributed by atoms with Gasteiger partial charge in [0.25, 0.3) is 5.56 Å². The molecule has 7 heteroatoms. The van der Waals surface area contributed by atoms with E-state index in [2.05, 4.69) is 35.2 Å². The van der Waals surface area contributed by atoms with E-state index in [0.717, 1.165) is 54.4 Å². The standard InChI is InChI=1S/C24H33N5O2/c1-16-6-7-21-20(11-16)12-22-24(31)28(26-19(4)29(21)22)15-23(30)25-8-5-9-27-13-17(2)10-18(3)14-27/h6-7,11-12,17-18H,5,8-10,13-15H2,1-4H3,(H,25,30). The summed E-state index contributed by atoms with van der Waals surface area (Å²) in [6, 6.07) is 7.97. The van der Waals surface area contributed by atoms with Gasteiger partial charge in [-0.2, -0.15) is 5.10 Å². The van der Waals surface area contributed by atoms with Gasteiger partial charge in [-0.1, -0.05) is 25.5 Å². The Morgan fingerprint density at radius 2 is 1.87 bits per heavy atom. The van der Waals surface area contributed by atoms with E-state index in [-0.39, 0.29) is 18.0 Å².